The zero-order valence-electron chi connectivity index (χ0n) is 51.6. The zero-order chi connectivity index (χ0) is 60.8. The number of carbonyl (C=O) groups excluding carboxylic acids is 9. The van der Waals surface area contributed by atoms with Gasteiger partial charge < -0.3 is 47.5 Å². The average Bonchev–Trinajstić information content (AvgIpc) is 3.24. The number of ether oxygens (including phenoxy) is 9. The van der Waals surface area contributed by atoms with Gasteiger partial charge in [0.15, 0.2) is 0 Å². The molecule has 0 aromatic heterocycles. The zero-order valence-corrected chi connectivity index (χ0v) is 51.6. The summed E-state index contributed by atoms with van der Waals surface area (Å²) >= 11 is 0. The molecule has 0 fully saturated rings. The second kappa shape index (κ2) is 35.7. The molecule has 0 aliphatic carbocycles. The molecule has 22 nitrogen and oxygen atoms in total. The smallest absolute Gasteiger partial charge is 0.307 e. The third-order valence-electron chi connectivity index (χ3n) is 10.2. The number of rotatable bonds is 36. The van der Waals surface area contributed by atoms with Crippen molar-refractivity contribution in [3.8, 4) is 0 Å². The Morgan fingerprint density at radius 2 is 0.342 bits per heavy atom. The minimum atomic E-state index is -0.680. The second-order valence-corrected chi connectivity index (χ2v) is 25.3. The second-order valence-electron chi connectivity index (χ2n) is 25.3. The quantitative estimate of drug-likeness (QED) is 0.0487. The number of esters is 9. The maximum Gasteiger partial charge on any atom is 0.307 e. The van der Waals surface area contributed by atoms with Crippen LogP contribution >= 0.6 is 0 Å². The molecule has 0 saturated heterocycles. The van der Waals surface area contributed by atoms with Crippen LogP contribution in [0.3, 0.4) is 0 Å². The van der Waals surface area contributed by atoms with Gasteiger partial charge in [0.2, 0.25) is 0 Å². The van der Waals surface area contributed by atoms with Gasteiger partial charge in [-0.1, -0.05) is 0 Å². The lowest BCUT2D eigenvalue weighted by Gasteiger charge is -2.25. The number of nitrogens with zero attached hydrogens (tertiary/aromatic N) is 4. The first kappa shape index (κ1) is 74.1. The van der Waals surface area contributed by atoms with Crippen molar-refractivity contribution in [2.75, 3.05) is 98.4 Å². The van der Waals surface area contributed by atoms with Crippen molar-refractivity contribution < 1.29 is 85.8 Å². The van der Waals surface area contributed by atoms with Crippen LogP contribution in [-0.4, -0.2) is 205 Å². The van der Waals surface area contributed by atoms with Crippen LogP contribution in [0, 0.1) is 0 Å². The molecule has 0 unspecified atom stereocenters. The van der Waals surface area contributed by atoms with Gasteiger partial charge in [-0.15, -0.1) is 0 Å². The maximum atomic E-state index is 13.2. The van der Waals surface area contributed by atoms with E-state index in [9.17, 15) is 43.2 Å². The summed E-state index contributed by atoms with van der Waals surface area (Å²) in [6, 6.07) is 0. The van der Waals surface area contributed by atoms with E-state index in [1.807, 2.05) is 14.7 Å². The topological polar surface area (TPSA) is 250 Å². The van der Waals surface area contributed by atoms with Gasteiger partial charge in [0.1, 0.15) is 53.4 Å². The predicted octanol–water partition coefficient (Wildman–Crippen LogP) is 6.39. The molecule has 458 valence electrons. The number of carbonyl (C=O) groups is 9. The summed E-state index contributed by atoms with van der Waals surface area (Å²) in [7, 11) is 0. The van der Waals surface area contributed by atoms with Gasteiger partial charge in [-0.3, -0.25) is 57.9 Å². The molecule has 0 bridgehead atoms. The predicted molar refractivity (Wildman–Crippen MR) is 295 cm³/mol. The van der Waals surface area contributed by atoms with Crippen molar-refractivity contribution in [3.63, 3.8) is 0 Å². The van der Waals surface area contributed by atoms with Crippen LogP contribution in [0.5, 0.6) is 0 Å². The van der Waals surface area contributed by atoms with Crippen LogP contribution in [-0.2, 0) is 85.8 Å². The van der Waals surface area contributed by atoms with Crippen molar-refractivity contribution in [2.45, 2.75) is 216 Å². The van der Waals surface area contributed by atoms with E-state index in [2.05, 4.69) is 0 Å². The van der Waals surface area contributed by atoms with E-state index in [-0.39, 0.29) is 156 Å². The highest BCUT2D eigenvalue weighted by Gasteiger charge is 2.25. The van der Waals surface area contributed by atoms with Crippen LogP contribution in [0.4, 0.5) is 0 Å². The van der Waals surface area contributed by atoms with Gasteiger partial charge in [-0.05, 0) is 125 Å². The summed E-state index contributed by atoms with van der Waals surface area (Å²) in [6.07, 6.45) is -0.0983. The van der Waals surface area contributed by atoms with E-state index >= 15 is 0 Å². The fourth-order valence-electron chi connectivity index (χ4n) is 7.02. The molecule has 0 rings (SSSR count). The van der Waals surface area contributed by atoms with Gasteiger partial charge in [-0.2, -0.15) is 0 Å². The molecule has 0 aromatic carbocycles. The summed E-state index contributed by atoms with van der Waals surface area (Å²) in [4.78, 5) is 122. The summed E-state index contributed by atoms with van der Waals surface area (Å²) in [5.74, 6) is -4.20. The third kappa shape index (κ3) is 47.6. The molecule has 0 amide bonds. The first-order valence-electron chi connectivity index (χ1n) is 27.7. The standard InChI is InChI=1S/C57H102N4O18/c1-52(2,3)74-46(65)22-31-59(32-23-47(66)75-53(4,5)6)37-40-71-43(62)19-28-58(29-20-44(63)72-41-38-60(33-24-48(67)76-54(7,8)9)34-25-49(68)77-55(10,11)12)30-21-45(64)73-42-39-61(35-26-50(69)78-56(13,14)15)36-27-51(70)79-57(16,17)18/h19-42H2,1-18H3. The lowest BCUT2D eigenvalue weighted by molar-refractivity contribution is -0.157. The molecule has 22 heteroatoms. The summed E-state index contributed by atoms with van der Waals surface area (Å²) in [5.41, 5.74) is -4.08. The average molecular weight is 1130 g/mol. The van der Waals surface area contributed by atoms with Crippen molar-refractivity contribution in [1.82, 2.24) is 19.6 Å². The number of hydrogen-bond donors (Lipinski definition) is 0. The van der Waals surface area contributed by atoms with Crippen LogP contribution in [0.2, 0.25) is 0 Å². The van der Waals surface area contributed by atoms with Gasteiger partial charge in [0, 0.05) is 78.5 Å². The molecule has 0 radical (unpaired) electrons. The fraction of sp³-hybridized carbons (Fsp3) is 0.842. The van der Waals surface area contributed by atoms with Crippen molar-refractivity contribution >= 4 is 53.7 Å². The fourth-order valence-corrected chi connectivity index (χ4v) is 7.02. The highest BCUT2D eigenvalue weighted by atomic mass is 16.6. The van der Waals surface area contributed by atoms with E-state index in [0.717, 1.165) is 0 Å². The van der Waals surface area contributed by atoms with Crippen molar-refractivity contribution in [3.05, 3.63) is 0 Å². The highest BCUT2D eigenvalue weighted by molar-refractivity contribution is 5.73. The van der Waals surface area contributed by atoms with Gasteiger partial charge in [-0.25, -0.2) is 0 Å². The Labute approximate surface area is 472 Å². The molecule has 0 saturated carbocycles. The Morgan fingerprint density at radius 3 is 0.481 bits per heavy atom. The Balaban J connectivity index is 6.01. The van der Waals surface area contributed by atoms with Crippen LogP contribution in [0.25, 0.3) is 0 Å². The largest absolute Gasteiger partial charge is 0.464 e. The molecule has 0 heterocycles. The first-order chi connectivity index (χ1) is 36.1. The lowest BCUT2D eigenvalue weighted by Crippen LogP contribution is -2.36. The lowest BCUT2D eigenvalue weighted by atomic mass is 10.2. The summed E-state index contributed by atoms with van der Waals surface area (Å²) < 4.78 is 49.5. The van der Waals surface area contributed by atoms with E-state index < -0.39 is 87.3 Å². The van der Waals surface area contributed by atoms with Crippen LogP contribution < -0.4 is 0 Å². The van der Waals surface area contributed by atoms with Crippen molar-refractivity contribution in [1.29, 1.82) is 0 Å². The highest BCUT2D eigenvalue weighted by Crippen LogP contribution is 2.15. The molecule has 79 heavy (non-hydrogen) atoms. The van der Waals surface area contributed by atoms with E-state index in [4.69, 9.17) is 42.6 Å². The maximum absolute atomic E-state index is 13.2. The molecular formula is C57H102N4O18. The Bertz CT molecular complexity index is 1590. The Hall–Kier alpha value is -4.93. The van der Waals surface area contributed by atoms with Gasteiger partial charge in [0.25, 0.3) is 0 Å². The van der Waals surface area contributed by atoms with Crippen LogP contribution in [0.1, 0.15) is 182 Å². The first-order valence-corrected chi connectivity index (χ1v) is 27.7. The third-order valence-corrected chi connectivity index (χ3v) is 10.2. The van der Waals surface area contributed by atoms with E-state index in [1.54, 1.807) is 130 Å². The molecule has 0 aliphatic heterocycles. The minimum Gasteiger partial charge on any atom is -0.464 e. The molecular weight excluding hydrogens is 1030 g/mol. The Morgan fingerprint density at radius 1 is 0.215 bits per heavy atom. The molecule has 0 aromatic rings. The molecule has 0 atom stereocenters. The van der Waals surface area contributed by atoms with Crippen LogP contribution in [0.15, 0.2) is 0 Å². The van der Waals surface area contributed by atoms with Gasteiger partial charge in [0.05, 0.1) is 57.8 Å². The normalized spacial score (nSPS) is 12.5. The monoisotopic (exact) mass is 1130 g/mol. The molecule has 0 aliphatic rings. The number of hydrogen-bond acceptors (Lipinski definition) is 22. The summed E-state index contributed by atoms with van der Waals surface area (Å²) in [5, 5.41) is 0. The van der Waals surface area contributed by atoms with Gasteiger partial charge >= 0.3 is 53.7 Å². The summed E-state index contributed by atoms with van der Waals surface area (Å²) in [6.45, 7) is 33.9. The van der Waals surface area contributed by atoms with Crippen molar-refractivity contribution in [2.24, 2.45) is 0 Å². The minimum absolute atomic E-state index is 0.0419. The Kier molecular flexibility index (Phi) is 33.5. The molecule has 0 spiro atoms. The van der Waals surface area contributed by atoms with E-state index in [0.29, 0.717) is 0 Å². The van der Waals surface area contributed by atoms with E-state index in [1.165, 1.54) is 0 Å². The SMILES string of the molecule is CC(C)(C)OC(=O)CCN(CCOC(=O)CCN(CCC(=O)OCCN(CCC(=O)OC(C)(C)C)CCC(=O)OC(C)(C)C)CCC(=O)OCCN(CCC(=O)OC(C)(C)C)CCC(=O)OC(C)(C)C)CCC(=O)OC(C)(C)C. The molecule has 0 N–H and O–H groups in total.